The zero-order valence-corrected chi connectivity index (χ0v) is 14.4. The maximum Gasteiger partial charge on any atom is 0.306 e. The van der Waals surface area contributed by atoms with Gasteiger partial charge in [0.15, 0.2) is 0 Å². The fourth-order valence-electron chi connectivity index (χ4n) is 2.56. The molecule has 120 valence electrons. The summed E-state index contributed by atoms with van der Waals surface area (Å²) in [6, 6.07) is 5.15. The third-order valence-electron chi connectivity index (χ3n) is 3.82. The van der Waals surface area contributed by atoms with Gasteiger partial charge in [0.25, 0.3) is 0 Å². The smallest absolute Gasteiger partial charge is 0.306 e. The van der Waals surface area contributed by atoms with Gasteiger partial charge in [0.05, 0.1) is 16.7 Å². The lowest BCUT2D eigenvalue weighted by Crippen LogP contribution is -2.45. The van der Waals surface area contributed by atoms with E-state index in [2.05, 4.69) is 0 Å². The Morgan fingerprint density at radius 2 is 2.14 bits per heavy atom. The van der Waals surface area contributed by atoms with Gasteiger partial charge in [-0.05, 0) is 30.5 Å². The fraction of sp³-hybridized carbons (Fsp3) is 0.467. The van der Waals surface area contributed by atoms with Crippen LogP contribution in [0.1, 0.15) is 13.3 Å². The lowest BCUT2D eigenvalue weighted by atomic mass is 9.87. The second kappa shape index (κ2) is 7.57. The maximum absolute atomic E-state index is 12.3. The average Bonchev–Trinajstić information content (AvgIpc) is 2.47. The van der Waals surface area contributed by atoms with E-state index in [0.717, 1.165) is 4.90 Å². The van der Waals surface area contributed by atoms with Gasteiger partial charge in [-0.25, -0.2) is 0 Å². The number of aliphatic carboxylic acids is 1. The monoisotopic (exact) mass is 361 g/mol. The van der Waals surface area contributed by atoms with E-state index in [9.17, 15) is 9.59 Å². The van der Waals surface area contributed by atoms with Gasteiger partial charge in [0.2, 0.25) is 5.91 Å². The van der Waals surface area contributed by atoms with Gasteiger partial charge in [-0.2, -0.15) is 0 Å². The number of nitrogens with zero attached hydrogens (tertiary/aromatic N) is 1. The minimum atomic E-state index is -0.778. The number of hydrogen-bond acceptors (Lipinski definition) is 3. The number of amides is 1. The van der Waals surface area contributed by atoms with Crippen LogP contribution in [-0.4, -0.2) is 40.7 Å². The number of piperidine rings is 1. The van der Waals surface area contributed by atoms with Crippen LogP contribution in [-0.2, 0) is 9.59 Å². The summed E-state index contributed by atoms with van der Waals surface area (Å²) >= 11 is 13.3. The summed E-state index contributed by atoms with van der Waals surface area (Å²) in [4.78, 5) is 25.9. The molecule has 1 fully saturated rings. The molecule has 0 radical (unpaired) electrons. The Hall–Kier alpha value is -0.910. The molecular formula is C15H17Cl2NO3S. The van der Waals surface area contributed by atoms with Crippen molar-refractivity contribution in [2.45, 2.75) is 18.2 Å². The van der Waals surface area contributed by atoms with E-state index >= 15 is 0 Å². The van der Waals surface area contributed by atoms with Crippen molar-refractivity contribution in [1.29, 1.82) is 0 Å². The molecule has 1 aromatic carbocycles. The highest BCUT2D eigenvalue weighted by Gasteiger charge is 2.32. The molecule has 2 rings (SSSR count). The summed E-state index contributed by atoms with van der Waals surface area (Å²) in [5.41, 5.74) is 0. The highest BCUT2D eigenvalue weighted by Crippen LogP contribution is 2.30. The van der Waals surface area contributed by atoms with Crippen LogP contribution in [0, 0.1) is 11.8 Å². The molecule has 0 aromatic heterocycles. The molecule has 1 N–H and O–H groups in total. The van der Waals surface area contributed by atoms with Crippen molar-refractivity contribution in [1.82, 2.24) is 4.90 Å². The summed E-state index contributed by atoms with van der Waals surface area (Å²) in [5.74, 6) is -0.907. The third kappa shape index (κ3) is 4.31. The molecular weight excluding hydrogens is 345 g/mol. The summed E-state index contributed by atoms with van der Waals surface area (Å²) in [6.07, 6.45) is 0.505. The van der Waals surface area contributed by atoms with Crippen LogP contribution in [0.15, 0.2) is 23.1 Å². The molecule has 0 saturated carbocycles. The van der Waals surface area contributed by atoms with Crippen molar-refractivity contribution >= 4 is 46.8 Å². The van der Waals surface area contributed by atoms with Crippen molar-refractivity contribution in [3.8, 4) is 0 Å². The first kappa shape index (κ1) is 17.4. The first-order valence-electron chi connectivity index (χ1n) is 6.97. The summed E-state index contributed by atoms with van der Waals surface area (Å²) in [6.45, 7) is 2.85. The second-order valence-corrected chi connectivity index (χ2v) is 7.27. The Morgan fingerprint density at radius 1 is 1.41 bits per heavy atom. The molecule has 2 unspecified atom stereocenters. The SMILES string of the molecule is CC1CN(C(=O)CSc2cc(Cl)ccc2Cl)CCC1C(=O)O. The first-order valence-corrected chi connectivity index (χ1v) is 8.71. The van der Waals surface area contributed by atoms with Crippen LogP contribution in [0.5, 0.6) is 0 Å². The molecule has 4 nitrogen and oxygen atoms in total. The van der Waals surface area contributed by atoms with Gasteiger partial charge in [-0.15, -0.1) is 11.8 Å². The van der Waals surface area contributed by atoms with E-state index in [1.165, 1.54) is 11.8 Å². The Labute approximate surface area is 143 Å². The van der Waals surface area contributed by atoms with E-state index in [4.69, 9.17) is 28.3 Å². The average molecular weight is 362 g/mol. The highest BCUT2D eigenvalue weighted by atomic mass is 35.5. The lowest BCUT2D eigenvalue weighted by Gasteiger charge is -2.34. The summed E-state index contributed by atoms with van der Waals surface area (Å²) in [7, 11) is 0. The van der Waals surface area contributed by atoms with Crippen molar-refractivity contribution in [3.63, 3.8) is 0 Å². The van der Waals surface area contributed by atoms with Crippen molar-refractivity contribution < 1.29 is 14.7 Å². The standard InChI is InChI=1S/C15H17Cl2NO3S/c1-9-7-18(5-4-11(9)15(20)21)14(19)8-22-13-6-10(16)2-3-12(13)17/h2-3,6,9,11H,4-5,7-8H2,1H3,(H,20,21). The number of likely N-dealkylation sites (tertiary alicyclic amines) is 1. The molecule has 1 aromatic rings. The van der Waals surface area contributed by atoms with Gasteiger partial charge in [0.1, 0.15) is 0 Å². The number of rotatable bonds is 4. The molecule has 0 bridgehead atoms. The van der Waals surface area contributed by atoms with Crippen molar-refractivity contribution in [2.75, 3.05) is 18.8 Å². The third-order valence-corrected chi connectivity index (χ3v) is 5.54. The maximum atomic E-state index is 12.3. The predicted molar refractivity (Wildman–Crippen MR) is 88.7 cm³/mol. The number of carboxylic acid groups (broad SMARTS) is 1. The Kier molecular flexibility index (Phi) is 6.01. The van der Waals surface area contributed by atoms with Gasteiger partial charge in [-0.1, -0.05) is 30.1 Å². The van der Waals surface area contributed by atoms with Crippen LogP contribution < -0.4 is 0 Å². The number of benzene rings is 1. The number of carbonyl (C=O) groups is 2. The van der Waals surface area contributed by atoms with E-state index < -0.39 is 5.97 Å². The number of thioether (sulfide) groups is 1. The second-order valence-electron chi connectivity index (χ2n) is 5.41. The van der Waals surface area contributed by atoms with E-state index in [-0.39, 0.29) is 23.5 Å². The topological polar surface area (TPSA) is 57.6 Å². The molecule has 22 heavy (non-hydrogen) atoms. The van der Waals surface area contributed by atoms with Gasteiger partial charge in [0, 0.05) is 23.0 Å². The molecule has 7 heteroatoms. The highest BCUT2D eigenvalue weighted by molar-refractivity contribution is 8.00. The minimum Gasteiger partial charge on any atom is -0.481 e. The Bertz CT molecular complexity index is 582. The summed E-state index contributed by atoms with van der Waals surface area (Å²) < 4.78 is 0. The van der Waals surface area contributed by atoms with Crippen LogP contribution in [0.2, 0.25) is 10.0 Å². The van der Waals surface area contributed by atoms with Gasteiger partial charge >= 0.3 is 5.97 Å². The van der Waals surface area contributed by atoms with E-state index in [1.807, 2.05) is 6.92 Å². The molecule has 2 atom stereocenters. The normalized spacial score (nSPS) is 21.7. The Morgan fingerprint density at radius 3 is 2.77 bits per heavy atom. The molecule has 1 aliphatic rings. The number of hydrogen-bond donors (Lipinski definition) is 1. The largest absolute Gasteiger partial charge is 0.481 e. The van der Waals surface area contributed by atoms with Gasteiger partial charge in [-0.3, -0.25) is 9.59 Å². The minimum absolute atomic E-state index is 0.00303. The van der Waals surface area contributed by atoms with Gasteiger partial charge < -0.3 is 10.0 Å². The van der Waals surface area contributed by atoms with Crippen LogP contribution in [0.25, 0.3) is 0 Å². The molecule has 0 spiro atoms. The lowest BCUT2D eigenvalue weighted by molar-refractivity contribution is -0.147. The fourth-order valence-corrected chi connectivity index (χ4v) is 3.95. The summed E-state index contributed by atoms with van der Waals surface area (Å²) in [5, 5.41) is 10.3. The molecule has 1 saturated heterocycles. The van der Waals surface area contributed by atoms with E-state index in [1.54, 1.807) is 23.1 Å². The van der Waals surface area contributed by atoms with Crippen LogP contribution >= 0.6 is 35.0 Å². The number of halogens is 2. The van der Waals surface area contributed by atoms with E-state index in [0.29, 0.717) is 29.6 Å². The zero-order valence-electron chi connectivity index (χ0n) is 12.1. The quantitative estimate of drug-likeness (QED) is 0.831. The molecule has 0 aliphatic carbocycles. The van der Waals surface area contributed by atoms with Crippen LogP contribution in [0.3, 0.4) is 0 Å². The molecule has 1 aliphatic heterocycles. The zero-order chi connectivity index (χ0) is 16.3. The van der Waals surface area contributed by atoms with Crippen LogP contribution in [0.4, 0.5) is 0 Å². The number of carbonyl (C=O) groups excluding carboxylic acids is 1. The first-order chi connectivity index (χ1) is 10.4. The molecule has 1 heterocycles. The van der Waals surface area contributed by atoms with Crippen molar-refractivity contribution in [2.24, 2.45) is 11.8 Å². The predicted octanol–water partition coefficient (Wildman–Crippen LogP) is 3.65. The number of carboxylic acids is 1. The molecule has 1 amide bonds. The Balaban J connectivity index is 1.91. The van der Waals surface area contributed by atoms with Crippen molar-refractivity contribution in [3.05, 3.63) is 28.2 Å².